The van der Waals surface area contributed by atoms with E-state index in [-0.39, 0.29) is 11.8 Å². The first-order chi connectivity index (χ1) is 19.7. The molecule has 0 saturated heterocycles. The number of rotatable bonds is 9. The molecular weight excluding hydrogens is 538 g/mol. The second-order valence-corrected chi connectivity index (χ2v) is 12.9. The Balaban J connectivity index is 1.38. The zero-order valence-electron chi connectivity index (χ0n) is 24.4. The fourth-order valence-corrected chi connectivity index (χ4v) is 7.11. The van der Waals surface area contributed by atoms with Gasteiger partial charge < -0.3 is 15.0 Å². The van der Waals surface area contributed by atoms with Gasteiger partial charge in [-0.1, -0.05) is 30.7 Å². The third-order valence-electron chi connectivity index (χ3n) is 8.12. The van der Waals surface area contributed by atoms with Crippen molar-refractivity contribution in [2.45, 2.75) is 69.7 Å². The van der Waals surface area contributed by atoms with Crippen LogP contribution in [0.3, 0.4) is 0 Å². The first kappa shape index (κ1) is 28.9. The Morgan fingerprint density at radius 2 is 1.80 bits per heavy atom. The van der Waals surface area contributed by atoms with Gasteiger partial charge in [-0.05, 0) is 82.8 Å². The lowest BCUT2D eigenvalue weighted by atomic mass is 9.90. The van der Waals surface area contributed by atoms with Crippen molar-refractivity contribution in [1.29, 1.82) is 0 Å². The van der Waals surface area contributed by atoms with Crippen molar-refractivity contribution >= 4 is 32.8 Å². The standard InChI is InChI=1S/C30H39N7O3S/c1-6-20-15-21(16-22-17-31-29(34-27(20)22)33-23-11-13-24(14-12-23)37(3)4)25-18-32-30(35-28(25)40-5)36-41(38,39)26-10-8-7-9-19(26)2/h7-9,15-18,23-24,26H,6,10-14H2,1-5H3,(H,31,33,34)(H,32,35,36). The van der Waals surface area contributed by atoms with Crippen LogP contribution in [0.1, 0.15) is 51.5 Å². The topological polar surface area (TPSA) is 122 Å². The second-order valence-electron chi connectivity index (χ2n) is 11.1. The van der Waals surface area contributed by atoms with E-state index in [1.807, 2.05) is 37.4 Å². The Morgan fingerprint density at radius 1 is 1.05 bits per heavy atom. The Bertz CT molecular complexity index is 1580. The minimum Gasteiger partial charge on any atom is -0.480 e. The van der Waals surface area contributed by atoms with Crippen LogP contribution in [0.4, 0.5) is 11.9 Å². The molecule has 2 N–H and O–H groups in total. The van der Waals surface area contributed by atoms with Crippen molar-refractivity contribution in [3.63, 3.8) is 0 Å². The summed E-state index contributed by atoms with van der Waals surface area (Å²) in [5, 5.41) is 3.79. The highest BCUT2D eigenvalue weighted by molar-refractivity contribution is 7.93. The maximum atomic E-state index is 13.0. The van der Waals surface area contributed by atoms with Crippen LogP contribution in [0.15, 0.2) is 48.3 Å². The highest BCUT2D eigenvalue weighted by Crippen LogP contribution is 2.33. The van der Waals surface area contributed by atoms with Gasteiger partial charge in [-0.25, -0.2) is 23.4 Å². The largest absolute Gasteiger partial charge is 0.480 e. The lowest BCUT2D eigenvalue weighted by Gasteiger charge is -2.32. The number of fused-ring (bicyclic) bond motifs is 1. The highest BCUT2D eigenvalue weighted by atomic mass is 32.2. The molecule has 0 amide bonds. The van der Waals surface area contributed by atoms with Crippen LogP contribution < -0.4 is 14.8 Å². The van der Waals surface area contributed by atoms with E-state index in [2.05, 4.69) is 57.0 Å². The van der Waals surface area contributed by atoms with Crippen molar-refractivity contribution in [1.82, 2.24) is 24.8 Å². The average Bonchev–Trinajstić information content (AvgIpc) is 2.96. The predicted molar refractivity (Wildman–Crippen MR) is 164 cm³/mol. The first-order valence-electron chi connectivity index (χ1n) is 14.2. The minimum absolute atomic E-state index is 0.0249. The van der Waals surface area contributed by atoms with Gasteiger partial charge in [0.1, 0.15) is 5.25 Å². The van der Waals surface area contributed by atoms with Gasteiger partial charge in [-0.2, -0.15) is 4.98 Å². The number of aryl methyl sites for hydroxylation is 1. The number of ether oxygens (including phenoxy) is 1. The molecule has 1 unspecified atom stereocenters. The molecule has 2 aliphatic carbocycles. The summed E-state index contributed by atoms with van der Waals surface area (Å²) in [6, 6.07) is 5.07. The number of allylic oxidation sites excluding steroid dienone is 3. The summed E-state index contributed by atoms with van der Waals surface area (Å²) in [4.78, 5) is 20.6. The molecule has 11 heteroatoms. The van der Waals surface area contributed by atoms with Gasteiger partial charge in [-0.3, -0.25) is 4.72 Å². The van der Waals surface area contributed by atoms with Gasteiger partial charge >= 0.3 is 0 Å². The van der Waals surface area contributed by atoms with Crippen molar-refractivity contribution in [2.75, 3.05) is 31.2 Å². The van der Waals surface area contributed by atoms with E-state index in [0.717, 1.165) is 46.9 Å². The van der Waals surface area contributed by atoms with Crippen molar-refractivity contribution in [3.8, 4) is 17.0 Å². The van der Waals surface area contributed by atoms with E-state index in [4.69, 9.17) is 9.72 Å². The molecule has 2 heterocycles. The predicted octanol–water partition coefficient (Wildman–Crippen LogP) is 4.96. The number of hydrogen-bond donors (Lipinski definition) is 2. The number of nitrogens with one attached hydrogen (secondary N) is 2. The molecule has 1 saturated carbocycles. The van der Waals surface area contributed by atoms with Gasteiger partial charge in [0, 0.05) is 29.9 Å². The van der Waals surface area contributed by atoms with Crippen LogP contribution in [0.25, 0.3) is 22.0 Å². The van der Waals surface area contributed by atoms with E-state index in [9.17, 15) is 8.42 Å². The first-order valence-corrected chi connectivity index (χ1v) is 15.7. The van der Waals surface area contributed by atoms with Gasteiger partial charge in [0.25, 0.3) is 0 Å². The molecule has 1 fully saturated rings. The van der Waals surface area contributed by atoms with Gasteiger partial charge in [0.05, 0.1) is 18.2 Å². The number of methoxy groups -OCH3 is 1. The third kappa shape index (κ3) is 6.36. The monoisotopic (exact) mass is 577 g/mol. The van der Waals surface area contributed by atoms with Crippen LogP contribution >= 0.6 is 0 Å². The quantitative estimate of drug-likeness (QED) is 0.363. The van der Waals surface area contributed by atoms with Crippen LogP contribution in [0, 0.1) is 0 Å². The molecule has 0 radical (unpaired) electrons. The number of benzene rings is 1. The smallest absolute Gasteiger partial charge is 0.242 e. The molecule has 5 rings (SSSR count). The fourth-order valence-electron chi connectivity index (χ4n) is 5.69. The molecule has 41 heavy (non-hydrogen) atoms. The minimum atomic E-state index is -3.72. The normalized spacial score (nSPS) is 21.1. The van der Waals surface area contributed by atoms with Gasteiger partial charge in [0.2, 0.25) is 27.8 Å². The number of hydrogen-bond acceptors (Lipinski definition) is 9. The summed E-state index contributed by atoms with van der Waals surface area (Å²) >= 11 is 0. The lowest BCUT2D eigenvalue weighted by molar-refractivity contribution is 0.221. The number of nitrogens with zero attached hydrogens (tertiary/aromatic N) is 5. The van der Waals surface area contributed by atoms with Crippen LogP contribution in [-0.2, 0) is 16.4 Å². The summed E-state index contributed by atoms with van der Waals surface area (Å²) in [7, 11) is 2.09. The summed E-state index contributed by atoms with van der Waals surface area (Å²) in [6.45, 7) is 3.90. The Hall–Kier alpha value is -3.57. The molecule has 10 nitrogen and oxygen atoms in total. The van der Waals surface area contributed by atoms with E-state index >= 15 is 0 Å². The molecule has 3 aromatic rings. The number of sulfonamides is 1. The molecule has 2 aliphatic rings. The summed E-state index contributed by atoms with van der Waals surface area (Å²) in [5.41, 5.74) is 4.25. The van der Waals surface area contributed by atoms with Gasteiger partial charge in [-0.15, -0.1) is 0 Å². The Morgan fingerprint density at radius 3 is 2.49 bits per heavy atom. The van der Waals surface area contributed by atoms with E-state index in [1.165, 1.54) is 20.0 Å². The molecule has 1 aromatic carbocycles. The zero-order chi connectivity index (χ0) is 29.1. The SMILES string of the molecule is CCc1cc(-c2cnc(NS(=O)(=O)C3CC=CC=C3C)nc2OC)cc2cnc(NC3CCC(N(C)C)CC3)nc12. The Kier molecular flexibility index (Phi) is 8.55. The molecule has 0 bridgehead atoms. The molecule has 0 aliphatic heterocycles. The lowest BCUT2D eigenvalue weighted by Crippen LogP contribution is -2.36. The van der Waals surface area contributed by atoms with Crippen molar-refractivity contribution < 1.29 is 13.2 Å². The third-order valence-corrected chi connectivity index (χ3v) is 9.90. The maximum absolute atomic E-state index is 13.0. The van der Waals surface area contributed by atoms with Crippen LogP contribution in [-0.4, -0.2) is 71.8 Å². The van der Waals surface area contributed by atoms with E-state index in [0.29, 0.717) is 30.0 Å². The van der Waals surface area contributed by atoms with Gasteiger partial charge in [0.15, 0.2) is 0 Å². The second kappa shape index (κ2) is 12.1. The van der Waals surface area contributed by atoms with E-state index < -0.39 is 15.3 Å². The highest BCUT2D eigenvalue weighted by Gasteiger charge is 2.28. The summed E-state index contributed by atoms with van der Waals surface area (Å²) < 4.78 is 34.2. The molecular formula is C30H39N7O3S. The zero-order valence-corrected chi connectivity index (χ0v) is 25.2. The van der Waals surface area contributed by atoms with E-state index in [1.54, 1.807) is 6.20 Å². The molecule has 0 spiro atoms. The number of aromatic nitrogens is 4. The van der Waals surface area contributed by atoms with Crippen LogP contribution in [0.2, 0.25) is 0 Å². The molecule has 218 valence electrons. The van der Waals surface area contributed by atoms with Crippen LogP contribution in [0.5, 0.6) is 5.88 Å². The Labute approximate surface area is 242 Å². The summed E-state index contributed by atoms with van der Waals surface area (Å²) in [6.07, 6.45) is 14.7. The summed E-state index contributed by atoms with van der Waals surface area (Å²) in [5.74, 6) is 0.912. The maximum Gasteiger partial charge on any atom is 0.242 e. The van der Waals surface area contributed by atoms with Crippen molar-refractivity contribution in [2.24, 2.45) is 0 Å². The number of anilines is 2. The average molecular weight is 578 g/mol. The molecule has 1 atom stereocenters. The fraction of sp³-hybridized carbons (Fsp3) is 0.467. The van der Waals surface area contributed by atoms with Crippen molar-refractivity contribution in [3.05, 3.63) is 53.9 Å². The molecule has 2 aromatic heterocycles.